The van der Waals surface area contributed by atoms with Crippen LogP contribution in [0.2, 0.25) is 0 Å². The molecular formula is C19H21N5O3S2. The number of aryl methyl sites for hydroxylation is 1. The largest absolute Gasteiger partial charge is 0.464 e. The summed E-state index contributed by atoms with van der Waals surface area (Å²) < 4.78 is 6.38. The highest BCUT2D eigenvalue weighted by atomic mass is 32.1. The lowest BCUT2D eigenvalue weighted by atomic mass is 9.90. The zero-order chi connectivity index (χ0) is 20.4. The number of carbonyl (C=O) groups is 2. The van der Waals surface area contributed by atoms with Crippen LogP contribution in [0.25, 0.3) is 10.6 Å². The van der Waals surface area contributed by atoms with E-state index in [9.17, 15) is 9.59 Å². The van der Waals surface area contributed by atoms with Gasteiger partial charge in [0.05, 0.1) is 31.1 Å². The molecule has 0 radical (unpaired) electrons. The Morgan fingerprint density at radius 2 is 2.14 bits per heavy atom. The Kier molecular flexibility index (Phi) is 5.72. The van der Waals surface area contributed by atoms with Crippen LogP contribution in [-0.4, -0.2) is 45.0 Å². The molecule has 0 aromatic carbocycles. The van der Waals surface area contributed by atoms with Crippen molar-refractivity contribution < 1.29 is 14.3 Å². The first kappa shape index (κ1) is 19.7. The highest BCUT2D eigenvalue weighted by Crippen LogP contribution is 2.31. The Hall–Kier alpha value is -2.59. The molecule has 0 unspecified atom stereocenters. The first-order valence-electron chi connectivity index (χ1n) is 9.38. The number of thiophene rings is 1. The van der Waals surface area contributed by atoms with Gasteiger partial charge in [0.15, 0.2) is 5.69 Å². The number of ether oxygens (including phenoxy) is 1. The van der Waals surface area contributed by atoms with E-state index in [4.69, 9.17) is 4.74 Å². The summed E-state index contributed by atoms with van der Waals surface area (Å²) in [6, 6.07) is 1.86. The number of hydrogen-bond donors (Lipinski definition) is 1. The smallest absolute Gasteiger partial charge is 0.360 e. The molecule has 0 saturated heterocycles. The van der Waals surface area contributed by atoms with Crippen molar-refractivity contribution in [3.05, 3.63) is 39.3 Å². The maximum atomic E-state index is 13.0. The normalized spacial score (nSPS) is 19.1. The third-order valence-electron chi connectivity index (χ3n) is 5.06. The van der Waals surface area contributed by atoms with Gasteiger partial charge in [-0.05, 0) is 31.2 Å². The van der Waals surface area contributed by atoms with Gasteiger partial charge >= 0.3 is 5.97 Å². The molecule has 0 bridgehead atoms. The average Bonchev–Trinajstić information content (AvgIpc) is 3.48. The first-order valence-corrected chi connectivity index (χ1v) is 11.1. The van der Waals surface area contributed by atoms with Crippen LogP contribution in [0.15, 0.2) is 23.0 Å². The molecule has 1 aliphatic carbocycles. The number of hydrogen-bond acceptors (Lipinski definition) is 8. The highest BCUT2D eigenvalue weighted by molar-refractivity contribution is 7.17. The van der Waals surface area contributed by atoms with Crippen LogP contribution < -0.4 is 5.32 Å². The molecule has 10 heteroatoms. The van der Waals surface area contributed by atoms with E-state index in [1.807, 2.05) is 23.8 Å². The molecule has 1 amide bonds. The quantitative estimate of drug-likeness (QED) is 0.621. The number of carbonyl (C=O) groups excluding carboxylic acids is 2. The molecule has 1 fully saturated rings. The monoisotopic (exact) mass is 431 g/mol. The zero-order valence-electron chi connectivity index (χ0n) is 16.1. The molecule has 3 aromatic heterocycles. The summed E-state index contributed by atoms with van der Waals surface area (Å²) >= 11 is 3.02. The third kappa shape index (κ3) is 4.08. The second kappa shape index (κ2) is 8.42. The molecule has 4 rings (SSSR count). The summed E-state index contributed by atoms with van der Waals surface area (Å²) in [5, 5.41) is 16.0. The molecule has 1 saturated carbocycles. The lowest BCUT2D eigenvalue weighted by Gasteiger charge is -2.31. The second-order valence-corrected chi connectivity index (χ2v) is 8.73. The van der Waals surface area contributed by atoms with Crippen LogP contribution in [0, 0.1) is 6.92 Å². The Bertz CT molecular complexity index is 1010. The van der Waals surface area contributed by atoms with Gasteiger partial charge in [-0.15, -0.1) is 16.4 Å². The van der Waals surface area contributed by atoms with Crippen LogP contribution in [0.4, 0.5) is 0 Å². The minimum absolute atomic E-state index is 0.0526. The summed E-state index contributed by atoms with van der Waals surface area (Å²) in [5.41, 5.74) is 1.94. The minimum atomic E-state index is -0.520. The number of methoxy groups -OCH3 is 1. The van der Waals surface area contributed by atoms with Crippen molar-refractivity contribution in [2.45, 2.75) is 44.7 Å². The molecule has 0 aliphatic heterocycles. The van der Waals surface area contributed by atoms with E-state index < -0.39 is 5.97 Å². The van der Waals surface area contributed by atoms with Gasteiger partial charge in [0.1, 0.15) is 9.88 Å². The number of amides is 1. The Morgan fingerprint density at radius 3 is 2.90 bits per heavy atom. The van der Waals surface area contributed by atoms with Gasteiger partial charge in [-0.1, -0.05) is 18.1 Å². The van der Waals surface area contributed by atoms with Gasteiger partial charge in [0.2, 0.25) is 0 Å². The van der Waals surface area contributed by atoms with Gasteiger partial charge in [-0.2, -0.15) is 11.3 Å². The average molecular weight is 432 g/mol. The molecule has 8 nitrogen and oxygen atoms in total. The van der Waals surface area contributed by atoms with Crippen molar-refractivity contribution in [1.29, 1.82) is 0 Å². The lowest BCUT2D eigenvalue weighted by Crippen LogP contribution is -2.43. The van der Waals surface area contributed by atoms with E-state index in [1.165, 1.54) is 18.4 Å². The summed E-state index contributed by atoms with van der Waals surface area (Å²) in [6.45, 7) is 1.86. The molecule has 3 aromatic rings. The Balaban J connectivity index is 1.52. The number of nitrogens with zero attached hydrogens (tertiary/aromatic N) is 4. The SMILES string of the molecule is COC(=O)c1cn([C@@H]2CCCC[C@@H]2NC(=O)c2sc(-c3ccsc3)nc2C)nn1. The third-order valence-corrected chi connectivity index (χ3v) is 6.95. The van der Waals surface area contributed by atoms with Gasteiger partial charge in [0.25, 0.3) is 5.91 Å². The van der Waals surface area contributed by atoms with Crippen LogP contribution in [-0.2, 0) is 4.74 Å². The summed E-state index contributed by atoms with van der Waals surface area (Å²) in [4.78, 5) is 29.9. The van der Waals surface area contributed by atoms with E-state index in [0.29, 0.717) is 4.88 Å². The maximum Gasteiger partial charge on any atom is 0.360 e. The molecular weight excluding hydrogens is 410 g/mol. The topological polar surface area (TPSA) is 99.0 Å². The number of esters is 1. The van der Waals surface area contributed by atoms with Crippen molar-refractivity contribution >= 4 is 34.6 Å². The summed E-state index contributed by atoms with van der Waals surface area (Å²) in [5.74, 6) is -0.638. The second-order valence-electron chi connectivity index (χ2n) is 6.95. The van der Waals surface area contributed by atoms with Gasteiger partial charge < -0.3 is 10.1 Å². The predicted octanol–water partition coefficient (Wildman–Crippen LogP) is 3.47. The molecule has 29 heavy (non-hydrogen) atoms. The molecule has 1 aliphatic rings. The van der Waals surface area contributed by atoms with Crippen molar-refractivity contribution in [3.63, 3.8) is 0 Å². The standard InChI is InChI=1S/C19H21N5O3S2/c1-11-16(29-18(20-11)12-7-8-28-10-12)17(25)21-13-5-3-4-6-15(13)24-9-14(22-23-24)19(26)27-2/h7-10,13,15H,3-6H2,1-2H3,(H,21,25)/t13-,15+/m0/s1. The van der Waals surface area contributed by atoms with E-state index in [-0.39, 0.29) is 23.7 Å². The van der Waals surface area contributed by atoms with Crippen LogP contribution >= 0.6 is 22.7 Å². The van der Waals surface area contributed by atoms with Crippen molar-refractivity contribution in [3.8, 4) is 10.6 Å². The Labute approximate surface area is 175 Å². The van der Waals surface area contributed by atoms with E-state index in [2.05, 4.69) is 20.6 Å². The van der Waals surface area contributed by atoms with Gasteiger partial charge in [-0.25, -0.2) is 14.5 Å². The highest BCUT2D eigenvalue weighted by Gasteiger charge is 2.31. The molecule has 1 N–H and O–H groups in total. The van der Waals surface area contributed by atoms with Gasteiger partial charge in [0, 0.05) is 10.9 Å². The maximum absolute atomic E-state index is 13.0. The number of thiazole rings is 1. The lowest BCUT2D eigenvalue weighted by molar-refractivity contribution is 0.0593. The molecule has 2 atom stereocenters. The van der Waals surface area contributed by atoms with E-state index in [0.717, 1.165) is 41.9 Å². The molecule has 152 valence electrons. The van der Waals surface area contributed by atoms with Crippen molar-refractivity contribution in [2.24, 2.45) is 0 Å². The fraction of sp³-hybridized carbons (Fsp3) is 0.421. The van der Waals surface area contributed by atoms with Crippen LogP contribution in [0.5, 0.6) is 0 Å². The summed E-state index contributed by atoms with van der Waals surface area (Å²) in [6.07, 6.45) is 5.36. The fourth-order valence-electron chi connectivity index (χ4n) is 3.58. The molecule has 3 heterocycles. The van der Waals surface area contributed by atoms with Crippen molar-refractivity contribution in [1.82, 2.24) is 25.3 Å². The number of rotatable bonds is 5. The first-order chi connectivity index (χ1) is 14.1. The van der Waals surface area contributed by atoms with E-state index in [1.54, 1.807) is 22.2 Å². The van der Waals surface area contributed by atoms with Gasteiger partial charge in [-0.3, -0.25) is 4.79 Å². The van der Waals surface area contributed by atoms with Crippen LogP contribution in [0.1, 0.15) is 57.6 Å². The summed E-state index contributed by atoms with van der Waals surface area (Å²) in [7, 11) is 1.31. The Morgan fingerprint density at radius 1 is 1.31 bits per heavy atom. The fourth-order valence-corrected chi connectivity index (χ4v) is 5.26. The van der Waals surface area contributed by atoms with E-state index >= 15 is 0 Å². The molecule has 0 spiro atoms. The van der Waals surface area contributed by atoms with Crippen LogP contribution in [0.3, 0.4) is 0 Å². The predicted molar refractivity (Wildman–Crippen MR) is 110 cm³/mol. The minimum Gasteiger partial charge on any atom is -0.464 e. The number of aromatic nitrogens is 4. The van der Waals surface area contributed by atoms with Crippen molar-refractivity contribution in [2.75, 3.05) is 7.11 Å². The zero-order valence-corrected chi connectivity index (χ0v) is 17.8. The number of nitrogens with one attached hydrogen (secondary N) is 1.